The number of halogens is 2. The van der Waals surface area contributed by atoms with Crippen LogP contribution in [0.25, 0.3) is 21.9 Å². The lowest BCUT2D eigenvalue weighted by Crippen LogP contribution is -2.27. The van der Waals surface area contributed by atoms with Crippen LogP contribution in [0.3, 0.4) is 0 Å². The minimum absolute atomic E-state index is 0.311. The summed E-state index contributed by atoms with van der Waals surface area (Å²) in [7, 11) is -1.96. The highest BCUT2D eigenvalue weighted by Crippen LogP contribution is 2.28. The Hall–Kier alpha value is -3.34. The molecule has 0 amide bonds. The van der Waals surface area contributed by atoms with Crippen LogP contribution in [0.2, 0.25) is 19.6 Å². The van der Waals surface area contributed by atoms with E-state index in [9.17, 15) is 8.78 Å². The number of para-hydroxylation sites is 1. The molecule has 1 aromatic heterocycles. The van der Waals surface area contributed by atoms with Gasteiger partial charge in [0.25, 0.3) is 0 Å². The summed E-state index contributed by atoms with van der Waals surface area (Å²) in [4.78, 5) is 0. The van der Waals surface area contributed by atoms with E-state index in [2.05, 4.69) is 35.7 Å². The summed E-state index contributed by atoms with van der Waals surface area (Å²) in [5.74, 6) is -0.622. The highest BCUT2D eigenvalue weighted by Gasteiger charge is 2.25. The summed E-state index contributed by atoms with van der Waals surface area (Å²) < 4.78 is 29.0. The van der Waals surface area contributed by atoms with Crippen LogP contribution in [0.15, 0.2) is 78.5 Å². The Morgan fingerprint density at radius 2 is 1.33 bits per heavy atom. The molecule has 4 aromatic rings. The molecular formula is C24H21F2N3Si. The number of benzene rings is 3. The minimum Gasteiger partial charge on any atom is -0.214 e. The van der Waals surface area contributed by atoms with Gasteiger partial charge in [0.2, 0.25) is 0 Å². The van der Waals surface area contributed by atoms with Crippen molar-refractivity contribution in [2.24, 2.45) is 0 Å². The van der Waals surface area contributed by atoms with Gasteiger partial charge in [-0.2, -0.15) is 0 Å². The summed E-state index contributed by atoms with van der Waals surface area (Å²) in [6.45, 7) is 6.62. The summed E-state index contributed by atoms with van der Waals surface area (Å²) in [6, 6.07) is 20.3. The summed E-state index contributed by atoms with van der Waals surface area (Å²) in [5, 5.41) is 9.62. The van der Waals surface area contributed by atoms with Gasteiger partial charge in [-0.3, -0.25) is 0 Å². The lowest BCUT2D eigenvalue weighted by Gasteiger charge is -2.19. The third-order valence-corrected chi connectivity index (χ3v) is 6.54. The first-order chi connectivity index (χ1) is 14.3. The van der Waals surface area contributed by atoms with Crippen molar-refractivity contribution in [1.29, 1.82) is 0 Å². The molecule has 4 rings (SSSR count). The summed E-state index contributed by atoms with van der Waals surface area (Å²) in [5.41, 5.74) is 7.62. The zero-order valence-corrected chi connectivity index (χ0v) is 18.0. The second kappa shape index (κ2) is 7.82. The van der Waals surface area contributed by atoms with Gasteiger partial charge in [0.15, 0.2) is 0 Å². The van der Waals surface area contributed by atoms with Gasteiger partial charge in [-0.1, -0.05) is 67.0 Å². The number of nitrogens with zero attached hydrogens (tertiary/aromatic N) is 3. The number of hydrogen-bond donors (Lipinski definition) is 0. The Bertz CT molecular complexity index is 1210. The van der Waals surface area contributed by atoms with Crippen molar-refractivity contribution in [3.63, 3.8) is 0 Å². The van der Waals surface area contributed by atoms with E-state index in [1.165, 1.54) is 24.3 Å². The van der Waals surface area contributed by atoms with E-state index in [0.29, 0.717) is 0 Å². The summed E-state index contributed by atoms with van der Waals surface area (Å²) in [6.07, 6.45) is 0. The van der Waals surface area contributed by atoms with E-state index < -0.39 is 8.07 Å². The molecule has 30 heavy (non-hydrogen) atoms. The van der Waals surface area contributed by atoms with Gasteiger partial charge in [0.1, 0.15) is 25.2 Å². The zero-order valence-electron chi connectivity index (χ0n) is 17.0. The minimum atomic E-state index is -1.96. The third-order valence-electron chi connectivity index (χ3n) is 4.78. The van der Waals surface area contributed by atoms with Gasteiger partial charge < -0.3 is 0 Å². The predicted molar refractivity (Wildman–Crippen MR) is 119 cm³/mol. The molecule has 0 spiro atoms. The Balaban J connectivity index is 2.07. The average molecular weight is 418 g/mol. The fourth-order valence-corrected chi connectivity index (χ4v) is 4.56. The maximum Gasteiger partial charge on any atom is 0.123 e. The van der Waals surface area contributed by atoms with E-state index in [1.807, 2.05) is 28.9 Å². The molecule has 150 valence electrons. The molecule has 3 nitrogen and oxygen atoms in total. The molecule has 0 saturated carbocycles. The van der Waals surface area contributed by atoms with Gasteiger partial charge in [-0.25, -0.2) is 13.5 Å². The van der Waals surface area contributed by atoms with Gasteiger partial charge >= 0.3 is 0 Å². The van der Waals surface area contributed by atoms with E-state index in [0.717, 1.165) is 33.1 Å². The SMILES string of the molecule is C[Si](C)(C)C(=C=C(c1ccc(F)cc1)c1ccc(F)cc1)n1nnc2ccccc21. The van der Waals surface area contributed by atoms with E-state index in [4.69, 9.17) is 0 Å². The topological polar surface area (TPSA) is 30.7 Å². The fraction of sp³-hybridized carbons (Fsp3) is 0.125. The first-order valence-electron chi connectivity index (χ1n) is 9.67. The van der Waals surface area contributed by atoms with Crippen LogP contribution in [0.4, 0.5) is 8.78 Å². The first kappa shape index (κ1) is 20.0. The van der Waals surface area contributed by atoms with Gasteiger partial charge in [0.05, 0.1) is 10.8 Å². The largest absolute Gasteiger partial charge is 0.214 e. The van der Waals surface area contributed by atoms with E-state index in [-0.39, 0.29) is 11.6 Å². The second-order valence-corrected chi connectivity index (χ2v) is 13.1. The summed E-state index contributed by atoms with van der Waals surface area (Å²) >= 11 is 0. The molecule has 0 atom stereocenters. The van der Waals surface area contributed by atoms with Crippen molar-refractivity contribution < 1.29 is 8.78 Å². The first-order valence-corrected chi connectivity index (χ1v) is 13.2. The number of hydrogen-bond acceptors (Lipinski definition) is 2. The number of rotatable bonds is 4. The van der Waals surface area contributed by atoms with Crippen molar-refractivity contribution >= 4 is 30.0 Å². The Morgan fingerprint density at radius 3 is 1.87 bits per heavy atom. The molecular weight excluding hydrogens is 396 g/mol. The highest BCUT2D eigenvalue weighted by atomic mass is 28.3. The predicted octanol–water partition coefficient (Wildman–Crippen LogP) is 6.16. The zero-order chi connectivity index (χ0) is 21.3. The monoisotopic (exact) mass is 417 g/mol. The molecule has 1 heterocycles. The molecule has 0 bridgehead atoms. The fourth-order valence-electron chi connectivity index (χ4n) is 3.25. The van der Waals surface area contributed by atoms with Crippen molar-refractivity contribution in [1.82, 2.24) is 15.0 Å². The average Bonchev–Trinajstić information content (AvgIpc) is 3.13. The van der Waals surface area contributed by atoms with Crippen LogP contribution >= 0.6 is 0 Å². The van der Waals surface area contributed by atoms with Crippen LogP contribution in [0.5, 0.6) is 0 Å². The quantitative estimate of drug-likeness (QED) is 0.294. The van der Waals surface area contributed by atoms with Crippen LogP contribution in [0, 0.1) is 11.6 Å². The Morgan fingerprint density at radius 1 is 0.800 bits per heavy atom. The van der Waals surface area contributed by atoms with Gasteiger partial charge in [-0.15, -0.1) is 5.10 Å². The second-order valence-electron chi connectivity index (χ2n) is 8.10. The van der Waals surface area contributed by atoms with Crippen LogP contribution in [-0.4, -0.2) is 23.1 Å². The molecule has 0 unspecified atom stereocenters. The maximum atomic E-state index is 13.6. The van der Waals surface area contributed by atoms with E-state index >= 15 is 0 Å². The lowest BCUT2D eigenvalue weighted by molar-refractivity contribution is 0.627. The molecule has 0 N–H and O–H groups in total. The van der Waals surface area contributed by atoms with Gasteiger partial charge in [-0.05, 0) is 47.5 Å². The molecule has 0 aliphatic rings. The van der Waals surface area contributed by atoms with Crippen molar-refractivity contribution in [3.05, 3.63) is 101 Å². The van der Waals surface area contributed by atoms with Crippen molar-refractivity contribution in [2.45, 2.75) is 19.6 Å². The third kappa shape index (κ3) is 4.01. The molecule has 6 heteroatoms. The maximum absolute atomic E-state index is 13.6. The molecule has 0 aliphatic heterocycles. The van der Waals surface area contributed by atoms with Crippen LogP contribution < -0.4 is 0 Å². The smallest absolute Gasteiger partial charge is 0.123 e. The van der Waals surface area contributed by atoms with E-state index in [1.54, 1.807) is 24.3 Å². The van der Waals surface area contributed by atoms with Crippen LogP contribution in [0.1, 0.15) is 11.1 Å². The molecule has 3 aromatic carbocycles. The molecule has 0 saturated heterocycles. The number of fused-ring (bicyclic) bond motifs is 1. The standard InChI is InChI=1S/C24H21F2N3Si/c1-30(2,3)24(29-23-7-5-4-6-22(23)27-28-29)16-21(17-8-12-19(25)13-9-17)18-10-14-20(26)15-11-18/h4-15H,1-3H3. The lowest BCUT2D eigenvalue weighted by atomic mass is 9.99. The molecule has 0 radical (unpaired) electrons. The van der Waals surface area contributed by atoms with Gasteiger partial charge in [0, 0.05) is 5.57 Å². The number of aromatic nitrogens is 3. The normalized spacial score (nSPS) is 11.4. The van der Waals surface area contributed by atoms with Crippen molar-refractivity contribution in [3.8, 4) is 0 Å². The Kier molecular flexibility index (Phi) is 5.20. The van der Waals surface area contributed by atoms with Crippen molar-refractivity contribution in [2.75, 3.05) is 0 Å². The molecule has 0 fully saturated rings. The highest BCUT2D eigenvalue weighted by molar-refractivity contribution is 6.92. The Labute approximate surface area is 175 Å². The molecule has 0 aliphatic carbocycles. The van der Waals surface area contributed by atoms with Crippen LogP contribution in [-0.2, 0) is 0 Å².